The summed E-state index contributed by atoms with van der Waals surface area (Å²) >= 11 is 1.57. The molecule has 0 radical (unpaired) electrons. The predicted octanol–water partition coefficient (Wildman–Crippen LogP) is 1.93. The van der Waals surface area contributed by atoms with E-state index in [1.165, 1.54) is 0 Å². The minimum absolute atomic E-state index is 0.0308. The van der Waals surface area contributed by atoms with Crippen molar-refractivity contribution in [2.24, 2.45) is 5.92 Å². The number of carbonyl (C=O) groups excluding carboxylic acids is 1. The molecule has 1 unspecified atom stereocenters. The van der Waals surface area contributed by atoms with E-state index in [2.05, 4.69) is 10.3 Å². The quantitative estimate of drug-likeness (QED) is 0.891. The molecule has 2 N–H and O–H groups in total. The zero-order valence-corrected chi connectivity index (χ0v) is 12.2. The van der Waals surface area contributed by atoms with Crippen LogP contribution in [-0.2, 0) is 0 Å². The summed E-state index contributed by atoms with van der Waals surface area (Å²) in [5, 5.41) is 15.0. The molecular formula is C13H21N3O2S. The number of aryl methyl sites for hydroxylation is 1. The summed E-state index contributed by atoms with van der Waals surface area (Å²) in [6.07, 6.45) is 1.77. The van der Waals surface area contributed by atoms with Crippen molar-refractivity contribution in [2.45, 2.75) is 32.7 Å². The lowest BCUT2D eigenvalue weighted by molar-refractivity contribution is 0.136. The number of hydrogen-bond acceptors (Lipinski definition) is 4. The normalized spacial score (nSPS) is 18.4. The van der Waals surface area contributed by atoms with Crippen LogP contribution in [-0.4, -0.2) is 40.7 Å². The van der Waals surface area contributed by atoms with Crippen molar-refractivity contribution in [3.05, 3.63) is 16.1 Å². The van der Waals surface area contributed by atoms with Crippen LogP contribution in [0.15, 0.2) is 5.38 Å². The lowest BCUT2D eigenvalue weighted by Crippen LogP contribution is -2.45. The van der Waals surface area contributed by atoms with Gasteiger partial charge in [0.25, 0.3) is 0 Å². The van der Waals surface area contributed by atoms with E-state index in [-0.39, 0.29) is 18.7 Å². The first-order valence-corrected chi connectivity index (χ1v) is 7.56. The van der Waals surface area contributed by atoms with Gasteiger partial charge in [-0.25, -0.2) is 9.78 Å². The fraction of sp³-hybridized carbons (Fsp3) is 0.692. The summed E-state index contributed by atoms with van der Waals surface area (Å²) in [6.45, 7) is 5.58. The first-order chi connectivity index (χ1) is 9.10. The average Bonchev–Trinajstić information content (AvgIpc) is 2.85. The number of urea groups is 1. The summed E-state index contributed by atoms with van der Waals surface area (Å²) in [4.78, 5) is 18.3. The minimum atomic E-state index is -0.0539. The van der Waals surface area contributed by atoms with Crippen LogP contribution in [0.5, 0.6) is 0 Å². The molecule has 5 nitrogen and oxygen atoms in total. The van der Waals surface area contributed by atoms with E-state index in [4.69, 9.17) is 5.11 Å². The summed E-state index contributed by atoms with van der Waals surface area (Å²) in [5.74, 6) is 0.350. The van der Waals surface area contributed by atoms with Gasteiger partial charge in [0, 0.05) is 30.8 Å². The van der Waals surface area contributed by atoms with Gasteiger partial charge < -0.3 is 15.3 Å². The number of hydrogen-bond donors (Lipinski definition) is 2. The third-order valence-electron chi connectivity index (χ3n) is 3.51. The van der Waals surface area contributed by atoms with E-state index in [9.17, 15) is 4.79 Å². The molecule has 0 saturated carbocycles. The Bertz CT molecular complexity index is 427. The number of nitrogens with one attached hydrogen (secondary N) is 1. The molecule has 2 rings (SSSR count). The van der Waals surface area contributed by atoms with Crippen LogP contribution in [0.4, 0.5) is 4.79 Å². The highest BCUT2D eigenvalue weighted by Crippen LogP contribution is 2.19. The smallest absolute Gasteiger partial charge is 0.317 e. The van der Waals surface area contributed by atoms with Crippen LogP contribution in [0.1, 0.15) is 36.5 Å². The fourth-order valence-electron chi connectivity index (χ4n) is 2.23. The number of piperidine rings is 1. The molecule has 1 aliphatic heterocycles. The molecule has 1 saturated heterocycles. The number of thiazole rings is 1. The van der Waals surface area contributed by atoms with Gasteiger partial charge in [0.05, 0.1) is 6.04 Å². The summed E-state index contributed by atoms with van der Waals surface area (Å²) in [6, 6.07) is -0.0847. The highest BCUT2D eigenvalue weighted by atomic mass is 32.1. The number of aliphatic hydroxyl groups is 1. The molecule has 0 aliphatic carbocycles. The average molecular weight is 283 g/mol. The second-order valence-electron chi connectivity index (χ2n) is 5.11. The zero-order valence-electron chi connectivity index (χ0n) is 11.4. The summed E-state index contributed by atoms with van der Waals surface area (Å²) < 4.78 is 0. The Kier molecular flexibility index (Phi) is 4.76. The van der Waals surface area contributed by atoms with Gasteiger partial charge in [-0.15, -0.1) is 11.3 Å². The Morgan fingerprint density at radius 2 is 2.32 bits per heavy atom. The Morgan fingerprint density at radius 1 is 1.63 bits per heavy atom. The van der Waals surface area contributed by atoms with Crippen molar-refractivity contribution in [3.8, 4) is 0 Å². The largest absolute Gasteiger partial charge is 0.396 e. The number of aliphatic hydroxyl groups excluding tert-OH is 1. The molecule has 1 aromatic heterocycles. The van der Waals surface area contributed by atoms with Crippen molar-refractivity contribution < 1.29 is 9.90 Å². The first kappa shape index (κ1) is 14.3. The molecule has 106 valence electrons. The molecule has 0 bridgehead atoms. The van der Waals surface area contributed by atoms with Gasteiger partial charge in [-0.05, 0) is 32.6 Å². The van der Waals surface area contributed by atoms with Crippen molar-refractivity contribution in [3.63, 3.8) is 0 Å². The Labute approximate surface area is 117 Å². The third-order valence-corrected chi connectivity index (χ3v) is 4.65. The monoisotopic (exact) mass is 283 g/mol. The van der Waals surface area contributed by atoms with Crippen LogP contribution >= 0.6 is 11.3 Å². The van der Waals surface area contributed by atoms with Crippen LogP contribution in [0, 0.1) is 12.8 Å². The lowest BCUT2D eigenvalue weighted by Gasteiger charge is -2.31. The van der Waals surface area contributed by atoms with Crippen LogP contribution < -0.4 is 5.32 Å². The van der Waals surface area contributed by atoms with Gasteiger partial charge in [0.15, 0.2) is 0 Å². The fourth-order valence-corrected chi connectivity index (χ4v) is 3.03. The SMILES string of the molecule is Cc1csc(C(C)NC(=O)N2CCC(CO)CC2)n1. The topological polar surface area (TPSA) is 65.5 Å². The summed E-state index contributed by atoms with van der Waals surface area (Å²) in [5.41, 5.74) is 0.991. The van der Waals surface area contributed by atoms with E-state index in [1.54, 1.807) is 11.3 Å². The number of rotatable bonds is 3. The molecule has 0 spiro atoms. The molecule has 1 fully saturated rings. The molecule has 0 aromatic carbocycles. The van der Waals surface area contributed by atoms with Crippen molar-refractivity contribution in [1.82, 2.24) is 15.2 Å². The van der Waals surface area contributed by atoms with Gasteiger partial charge in [0.1, 0.15) is 5.01 Å². The van der Waals surface area contributed by atoms with Crippen LogP contribution in [0.3, 0.4) is 0 Å². The third kappa shape index (κ3) is 3.67. The second kappa shape index (κ2) is 6.34. The number of aromatic nitrogens is 1. The molecule has 6 heteroatoms. The molecule has 1 aliphatic rings. The van der Waals surface area contributed by atoms with Crippen molar-refractivity contribution >= 4 is 17.4 Å². The number of carbonyl (C=O) groups is 1. The van der Waals surface area contributed by atoms with E-state index in [0.717, 1.165) is 36.6 Å². The predicted molar refractivity (Wildman–Crippen MR) is 75.2 cm³/mol. The van der Waals surface area contributed by atoms with Crippen molar-refractivity contribution in [1.29, 1.82) is 0 Å². The highest BCUT2D eigenvalue weighted by Gasteiger charge is 2.23. The zero-order chi connectivity index (χ0) is 13.8. The van der Waals surface area contributed by atoms with Gasteiger partial charge in [-0.3, -0.25) is 0 Å². The second-order valence-corrected chi connectivity index (χ2v) is 6.00. The summed E-state index contributed by atoms with van der Waals surface area (Å²) in [7, 11) is 0. The maximum absolute atomic E-state index is 12.1. The Balaban J connectivity index is 1.84. The lowest BCUT2D eigenvalue weighted by atomic mass is 9.98. The van der Waals surface area contributed by atoms with E-state index in [0.29, 0.717) is 5.92 Å². The number of nitrogens with zero attached hydrogens (tertiary/aromatic N) is 2. The number of amides is 2. The Morgan fingerprint density at radius 3 is 2.84 bits per heavy atom. The highest BCUT2D eigenvalue weighted by molar-refractivity contribution is 7.09. The molecule has 1 atom stereocenters. The Hall–Kier alpha value is -1.14. The van der Waals surface area contributed by atoms with Crippen LogP contribution in [0.2, 0.25) is 0 Å². The van der Waals surface area contributed by atoms with E-state index in [1.807, 2.05) is 24.1 Å². The van der Waals surface area contributed by atoms with Crippen molar-refractivity contribution in [2.75, 3.05) is 19.7 Å². The van der Waals surface area contributed by atoms with E-state index < -0.39 is 0 Å². The molecule has 2 heterocycles. The maximum Gasteiger partial charge on any atom is 0.317 e. The molecule has 1 aromatic rings. The van der Waals surface area contributed by atoms with Gasteiger partial charge in [0.2, 0.25) is 0 Å². The van der Waals surface area contributed by atoms with Gasteiger partial charge in [-0.2, -0.15) is 0 Å². The molecule has 2 amide bonds. The standard InChI is InChI=1S/C13H21N3O2S/c1-9-8-19-12(14-9)10(2)15-13(18)16-5-3-11(7-17)4-6-16/h8,10-11,17H,3-7H2,1-2H3,(H,15,18). The number of likely N-dealkylation sites (tertiary alicyclic amines) is 1. The minimum Gasteiger partial charge on any atom is -0.396 e. The van der Waals surface area contributed by atoms with Gasteiger partial charge in [-0.1, -0.05) is 0 Å². The van der Waals surface area contributed by atoms with Crippen LogP contribution in [0.25, 0.3) is 0 Å². The first-order valence-electron chi connectivity index (χ1n) is 6.68. The van der Waals surface area contributed by atoms with Gasteiger partial charge >= 0.3 is 6.03 Å². The molecule has 19 heavy (non-hydrogen) atoms. The molecular weight excluding hydrogens is 262 g/mol. The van der Waals surface area contributed by atoms with E-state index >= 15 is 0 Å². The maximum atomic E-state index is 12.1.